The second-order valence-electron chi connectivity index (χ2n) is 12.4. The van der Waals surface area contributed by atoms with Crippen molar-refractivity contribution in [2.24, 2.45) is 0 Å². The van der Waals surface area contributed by atoms with E-state index in [1.165, 1.54) is 25.2 Å². The smallest absolute Gasteiger partial charge is 0.393 e. The molecule has 0 saturated heterocycles. The fraction of sp³-hybridized carbons (Fsp3) is 0.314. The van der Waals surface area contributed by atoms with E-state index in [0.717, 1.165) is 23.9 Å². The Hall–Kier alpha value is -3.05. The highest BCUT2D eigenvalue weighted by molar-refractivity contribution is 7.99. The summed E-state index contributed by atoms with van der Waals surface area (Å²) >= 11 is 0.743. The normalized spacial score (nSPS) is 14.3. The minimum Gasteiger partial charge on any atom is -0.393 e. The lowest BCUT2D eigenvalue weighted by Gasteiger charge is -2.47. The van der Waals surface area contributed by atoms with E-state index in [9.17, 15) is 5.11 Å². The van der Waals surface area contributed by atoms with Crippen LogP contribution in [0.5, 0.6) is 0 Å². The maximum atomic E-state index is 15.2. The van der Waals surface area contributed by atoms with Gasteiger partial charge in [-0.1, -0.05) is 130 Å². The molecule has 0 fully saturated rings. The summed E-state index contributed by atoms with van der Waals surface area (Å²) in [5, 5.41) is 10.7. The number of benzene rings is 4. The molecule has 0 radical (unpaired) electrons. The number of alkyl halides is 6. The Morgan fingerprint density at radius 3 is 1.44 bits per heavy atom. The van der Waals surface area contributed by atoms with E-state index in [2.05, 4.69) is 0 Å². The molecule has 45 heavy (non-hydrogen) atoms. The second kappa shape index (κ2) is 12.6. The Morgan fingerprint density at radius 2 is 1.02 bits per heavy atom. The second-order valence-corrected chi connectivity index (χ2v) is 18.3. The lowest BCUT2D eigenvalue weighted by molar-refractivity contribution is -0.370. The predicted octanol–water partition coefficient (Wildman–Crippen LogP) is 10.8. The molecule has 0 bridgehead atoms. The van der Waals surface area contributed by atoms with Crippen molar-refractivity contribution in [3.05, 3.63) is 138 Å². The van der Waals surface area contributed by atoms with E-state index >= 15 is 26.3 Å². The maximum Gasteiger partial charge on any atom is 0.429 e. The lowest BCUT2D eigenvalue weighted by Crippen LogP contribution is -2.62. The summed E-state index contributed by atoms with van der Waals surface area (Å²) in [6.45, 7) is 7.49. The predicted molar refractivity (Wildman–Crippen MR) is 169 cm³/mol. The molecule has 0 aliphatic heterocycles. The van der Waals surface area contributed by atoms with Gasteiger partial charge in [-0.25, -0.2) is 0 Å². The Labute approximate surface area is 265 Å². The monoisotopic (exact) mass is 662 g/mol. The van der Waals surface area contributed by atoms with Crippen molar-refractivity contribution in [1.82, 2.24) is 0 Å². The molecule has 0 aliphatic rings. The van der Waals surface area contributed by atoms with Crippen LogP contribution < -0.4 is 0 Å². The van der Waals surface area contributed by atoms with Crippen LogP contribution in [0.4, 0.5) is 26.3 Å². The van der Waals surface area contributed by atoms with Crippen LogP contribution in [0.25, 0.3) is 0 Å². The van der Waals surface area contributed by atoms with Crippen LogP contribution in [0, 0.1) is 0 Å². The Bertz CT molecular complexity index is 1500. The molecule has 0 heterocycles. The van der Waals surface area contributed by atoms with Crippen LogP contribution in [0.3, 0.4) is 0 Å². The van der Waals surface area contributed by atoms with Gasteiger partial charge in [0.25, 0.3) is 5.60 Å². The zero-order valence-electron chi connectivity index (χ0n) is 25.6. The Balaban J connectivity index is 2.04. The highest BCUT2D eigenvalue weighted by atomic mass is 32.2. The molecule has 1 atom stereocenters. The van der Waals surface area contributed by atoms with Gasteiger partial charge in [-0.15, -0.1) is 11.8 Å². The van der Waals surface area contributed by atoms with Crippen molar-refractivity contribution >= 4 is 20.1 Å². The summed E-state index contributed by atoms with van der Waals surface area (Å²) in [5.74, 6) is 0. The molecule has 0 saturated carbocycles. The molecule has 0 amide bonds. The fourth-order valence-corrected chi connectivity index (χ4v) is 7.93. The minimum atomic E-state index is -5.87. The van der Waals surface area contributed by atoms with Gasteiger partial charge in [-0.05, 0) is 40.9 Å². The zero-order valence-corrected chi connectivity index (χ0v) is 27.4. The van der Waals surface area contributed by atoms with Crippen molar-refractivity contribution in [3.63, 3.8) is 0 Å². The molecule has 4 rings (SSSR count). The number of thioether (sulfide) groups is 1. The molecule has 4 aromatic rings. The molecule has 0 aliphatic carbocycles. The van der Waals surface area contributed by atoms with Gasteiger partial charge >= 0.3 is 12.4 Å². The zero-order chi connectivity index (χ0) is 33.3. The van der Waals surface area contributed by atoms with Gasteiger partial charge in [0.05, 0.1) is 5.25 Å². The summed E-state index contributed by atoms with van der Waals surface area (Å²) < 4.78 is 96.7. The summed E-state index contributed by atoms with van der Waals surface area (Å²) in [6.07, 6.45) is -11.7. The van der Waals surface area contributed by atoms with Gasteiger partial charge in [0.15, 0.2) is 8.32 Å². The van der Waals surface area contributed by atoms with Gasteiger partial charge in [0.2, 0.25) is 0 Å². The fourth-order valence-electron chi connectivity index (χ4n) is 5.04. The Kier molecular flexibility index (Phi) is 9.77. The summed E-state index contributed by atoms with van der Waals surface area (Å²) in [7, 11) is -3.71. The SMILES string of the molecule is CC(C)(C)[Si](C)(C)OC(c1ccccc1SC(c1ccccc1)C(O)(c1ccccc1)c1ccccc1)(C(F)(F)F)C(F)(F)F. The molecule has 0 spiro atoms. The molecule has 240 valence electrons. The molecule has 1 unspecified atom stereocenters. The van der Waals surface area contributed by atoms with Crippen molar-refractivity contribution in [1.29, 1.82) is 0 Å². The van der Waals surface area contributed by atoms with E-state index in [1.54, 1.807) is 112 Å². The van der Waals surface area contributed by atoms with Gasteiger partial charge in [-0.3, -0.25) is 0 Å². The highest BCUT2D eigenvalue weighted by Crippen LogP contribution is 2.60. The van der Waals surface area contributed by atoms with E-state index in [1.807, 2.05) is 0 Å². The lowest BCUT2D eigenvalue weighted by atomic mass is 9.81. The standard InChI is InChI=1S/C35H36F6O2SSi/c1-31(2,3)45(4,5)43-33(34(36,37)38,35(39,40)41)28-23-15-16-24-29(28)44-30(25-17-9-6-10-18-25)32(42,26-19-11-7-12-20-26)27-21-13-8-14-22-27/h6-24,30,42H,1-5H3. The first-order valence-corrected chi connectivity index (χ1v) is 18.1. The molecule has 10 heteroatoms. The number of hydrogen-bond acceptors (Lipinski definition) is 3. The average molecular weight is 663 g/mol. The number of aliphatic hydroxyl groups is 1. The molecular weight excluding hydrogens is 627 g/mol. The summed E-state index contributed by atoms with van der Waals surface area (Å²) in [4.78, 5) is -0.315. The van der Waals surface area contributed by atoms with E-state index < -0.39 is 47.7 Å². The van der Waals surface area contributed by atoms with Gasteiger partial charge < -0.3 is 9.53 Å². The van der Waals surface area contributed by atoms with Crippen molar-refractivity contribution in [3.8, 4) is 0 Å². The van der Waals surface area contributed by atoms with E-state index in [0.29, 0.717) is 16.7 Å². The summed E-state index contributed by atoms with van der Waals surface area (Å²) in [5.41, 5.74) is -6.21. The van der Waals surface area contributed by atoms with Gasteiger partial charge in [0.1, 0.15) is 5.60 Å². The van der Waals surface area contributed by atoms with E-state index in [-0.39, 0.29) is 4.90 Å². The van der Waals surface area contributed by atoms with Crippen LogP contribution in [-0.4, -0.2) is 25.8 Å². The van der Waals surface area contributed by atoms with Gasteiger partial charge in [0, 0.05) is 10.5 Å². The number of rotatable bonds is 9. The minimum absolute atomic E-state index is 0.315. The first-order valence-electron chi connectivity index (χ1n) is 14.3. The van der Waals surface area contributed by atoms with Crippen molar-refractivity contribution < 1.29 is 35.9 Å². The molecular formula is C35H36F6O2SSi. The highest BCUT2D eigenvalue weighted by Gasteiger charge is 2.75. The topological polar surface area (TPSA) is 29.5 Å². The molecule has 4 aromatic carbocycles. The van der Waals surface area contributed by atoms with Crippen molar-refractivity contribution in [2.75, 3.05) is 0 Å². The maximum absolute atomic E-state index is 15.2. The Morgan fingerprint density at radius 1 is 0.622 bits per heavy atom. The summed E-state index contributed by atoms with van der Waals surface area (Å²) in [6, 6.07) is 30.3. The largest absolute Gasteiger partial charge is 0.429 e. The van der Waals surface area contributed by atoms with Crippen LogP contribution in [-0.2, 0) is 15.6 Å². The third-order valence-electron chi connectivity index (χ3n) is 8.43. The van der Waals surface area contributed by atoms with Crippen molar-refractivity contribution in [2.45, 2.75) is 72.6 Å². The van der Waals surface area contributed by atoms with Crippen LogP contribution in [0.1, 0.15) is 48.3 Å². The van der Waals surface area contributed by atoms with Crippen LogP contribution in [0.15, 0.2) is 120 Å². The van der Waals surface area contributed by atoms with Gasteiger partial charge in [-0.2, -0.15) is 26.3 Å². The quantitative estimate of drug-likeness (QED) is 0.110. The first-order chi connectivity index (χ1) is 20.9. The third-order valence-corrected chi connectivity index (χ3v) is 14.3. The van der Waals surface area contributed by atoms with E-state index in [4.69, 9.17) is 4.43 Å². The third kappa shape index (κ3) is 6.61. The first kappa shape index (κ1) is 34.8. The van der Waals surface area contributed by atoms with Crippen LogP contribution in [0.2, 0.25) is 18.1 Å². The number of halogens is 6. The molecule has 2 nitrogen and oxygen atoms in total. The number of hydrogen-bond donors (Lipinski definition) is 1. The van der Waals surface area contributed by atoms with Crippen LogP contribution >= 0.6 is 11.8 Å². The average Bonchev–Trinajstić information content (AvgIpc) is 2.98. The molecule has 1 N–H and O–H groups in total. The molecule has 0 aromatic heterocycles.